The zero-order valence-electron chi connectivity index (χ0n) is 15.3. The average Bonchev–Trinajstić information content (AvgIpc) is 3.16. The van der Waals surface area contributed by atoms with Crippen LogP contribution in [0.3, 0.4) is 0 Å². The maximum absolute atomic E-state index is 13.9. The predicted molar refractivity (Wildman–Crippen MR) is 97.4 cm³/mol. The standard InChI is InChI=1S/C19H17F3N4O3/c1-24-19(25-8-12-4-11(7-23)2-3-14(12)20)26-9-13-5-16-17(28-10-27-16)6-15(13)29-18(21)22/h2-6,18H,8-10H2,1H3,(H2,24,25,26). The van der Waals surface area contributed by atoms with E-state index in [1.165, 1.54) is 37.4 Å². The number of fused-ring (bicyclic) bond motifs is 1. The lowest BCUT2D eigenvalue weighted by Gasteiger charge is -2.15. The number of nitrogens with zero attached hydrogens (tertiary/aromatic N) is 2. The molecule has 29 heavy (non-hydrogen) atoms. The molecule has 3 rings (SSSR count). The lowest BCUT2D eigenvalue weighted by molar-refractivity contribution is -0.0505. The van der Waals surface area contributed by atoms with E-state index >= 15 is 0 Å². The maximum atomic E-state index is 13.9. The van der Waals surface area contributed by atoms with Gasteiger partial charge in [-0.15, -0.1) is 0 Å². The van der Waals surface area contributed by atoms with E-state index in [9.17, 15) is 13.2 Å². The molecule has 152 valence electrons. The predicted octanol–water partition coefficient (Wildman–Crippen LogP) is 2.89. The molecule has 0 atom stereocenters. The second-order valence-corrected chi connectivity index (χ2v) is 5.89. The molecule has 0 saturated heterocycles. The van der Waals surface area contributed by atoms with Gasteiger partial charge in [-0.05, 0) is 24.3 Å². The molecule has 10 heteroatoms. The van der Waals surface area contributed by atoms with Gasteiger partial charge in [0.05, 0.1) is 11.6 Å². The van der Waals surface area contributed by atoms with Crippen LogP contribution in [0.15, 0.2) is 35.3 Å². The number of aliphatic imine (C=N–C) groups is 1. The van der Waals surface area contributed by atoms with Crippen molar-refractivity contribution in [1.29, 1.82) is 5.26 Å². The lowest BCUT2D eigenvalue weighted by atomic mass is 10.1. The van der Waals surface area contributed by atoms with Gasteiger partial charge in [-0.3, -0.25) is 4.99 Å². The third-order valence-electron chi connectivity index (χ3n) is 4.06. The fourth-order valence-corrected chi connectivity index (χ4v) is 2.67. The summed E-state index contributed by atoms with van der Waals surface area (Å²) in [5, 5.41) is 14.8. The van der Waals surface area contributed by atoms with Crippen molar-refractivity contribution in [3.8, 4) is 23.3 Å². The summed E-state index contributed by atoms with van der Waals surface area (Å²) in [5.74, 6) is 0.518. The van der Waals surface area contributed by atoms with Crippen LogP contribution < -0.4 is 24.8 Å². The fraction of sp³-hybridized carbons (Fsp3) is 0.263. The van der Waals surface area contributed by atoms with Crippen molar-refractivity contribution in [1.82, 2.24) is 10.6 Å². The summed E-state index contributed by atoms with van der Waals surface area (Å²) >= 11 is 0. The minimum Gasteiger partial charge on any atom is -0.454 e. The first-order valence-electron chi connectivity index (χ1n) is 8.50. The van der Waals surface area contributed by atoms with Gasteiger partial charge in [0, 0.05) is 37.3 Å². The zero-order valence-corrected chi connectivity index (χ0v) is 15.3. The summed E-state index contributed by atoms with van der Waals surface area (Å²) in [6.07, 6.45) is 0. The Kier molecular flexibility index (Phi) is 6.29. The Morgan fingerprint density at radius 1 is 1.17 bits per heavy atom. The summed E-state index contributed by atoms with van der Waals surface area (Å²) in [6.45, 7) is -2.85. The van der Waals surface area contributed by atoms with Gasteiger partial charge in [-0.1, -0.05) is 0 Å². The average molecular weight is 406 g/mol. The first-order valence-corrected chi connectivity index (χ1v) is 8.50. The maximum Gasteiger partial charge on any atom is 0.387 e. The van der Waals surface area contributed by atoms with Crippen LogP contribution in [-0.2, 0) is 13.1 Å². The molecule has 0 fully saturated rings. The molecule has 1 aliphatic rings. The summed E-state index contributed by atoms with van der Waals surface area (Å²) in [6, 6.07) is 8.86. The van der Waals surface area contributed by atoms with E-state index in [4.69, 9.17) is 14.7 Å². The smallest absolute Gasteiger partial charge is 0.387 e. The second-order valence-electron chi connectivity index (χ2n) is 5.89. The molecular weight excluding hydrogens is 389 g/mol. The zero-order chi connectivity index (χ0) is 20.8. The van der Waals surface area contributed by atoms with Gasteiger partial charge < -0.3 is 24.8 Å². The van der Waals surface area contributed by atoms with Crippen molar-refractivity contribution in [2.75, 3.05) is 13.8 Å². The number of benzene rings is 2. The summed E-state index contributed by atoms with van der Waals surface area (Å²) in [5.41, 5.74) is 1.02. The Morgan fingerprint density at radius 3 is 2.52 bits per heavy atom. The van der Waals surface area contributed by atoms with Crippen molar-refractivity contribution in [3.05, 3.63) is 52.8 Å². The van der Waals surface area contributed by atoms with E-state index in [-0.39, 0.29) is 31.2 Å². The molecule has 1 heterocycles. The summed E-state index contributed by atoms with van der Waals surface area (Å²) < 4.78 is 54.3. The van der Waals surface area contributed by atoms with Crippen LogP contribution in [0.1, 0.15) is 16.7 Å². The Balaban J connectivity index is 1.67. The van der Waals surface area contributed by atoms with Gasteiger partial charge >= 0.3 is 6.61 Å². The summed E-state index contributed by atoms with van der Waals surface area (Å²) in [4.78, 5) is 4.02. The van der Waals surface area contributed by atoms with Gasteiger partial charge in [-0.25, -0.2) is 4.39 Å². The van der Waals surface area contributed by atoms with Gasteiger partial charge in [-0.2, -0.15) is 14.0 Å². The van der Waals surface area contributed by atoms with E-state index in [0.717, 1.165) is 0 Å². The van der Waals surface area contributed by atoms with Gasteiger partial charge in [0.1, 0.15) is 11.6 Å². The molecule has 0 aromatic heterocycles. The highest BCUT2D eigenvalue weighted by atomic mass is 19.3. The first-order chi connectivity index (χ1) is 14.0. The largest absolute Gasteiger partial charge is 0.454 e. The highest BCUT2D eigenvalue weighted by Crippen LogP contribution is 2.38. The number of hydrogen-bond acceptors (Lipinski definition) is 5. The molecule has 2 aromatic carbocycles. The monoisotopic (exact) mass is 406 g/mol. The van der Waals surface area contributed by atoms with Crippen molar-refractivity contribution >= 4 is 5.96 Å². The Bertz CT molecular complexity index is 960. The second kappa shape index (κ2) is 9.05. The minimum atomic E-state index is -3.00. The van der Waals surface area contributed by atoms with Gasteiger partial charge in [0.25, 0.3) is 0 Å². The molecule has 0 bridgehead atoms. The third-order valence-corrected chi connectivity index (χ3v) is 4.06. The van der Waals surface area contributed by atoms with Crippen LogP contribution in [0, 0.1) is 17.1 Å². The molecule has 0 aliphatic carbocycles. The van der Waals surface area contributed by atoms with Gasteiger partial charge in [0.15, 0.2) is 17.5 Å². The number of rotatable bonds is 6. The van der Waals surface area contributed by atoms with Crippen molar-refractivity contribution in [2.45, 2.75) is 19.7 Å². The Labute approximate surface area is 164 Å². The fourth-order valence-electron chi connectivity index (χ4n) is 2.67. The molecule has 0 saturated carbocycles. The minimum absolute atomic E-state index is 0.00309. The van der Waals surface area contributed by atoms with E-state index < -0.39 is 12.4 Å². The molecular formula is C19H17F3N4O3. The number of nitriles is 1. The van der Waals surface area contributed by atoms with Crippen LogP contribution >= 0.6 is 0 Å². The van der Waals surface area contributed by atoms with E-state index in [1.807, 2.05) is 6.07 Å². The third kappa shape index (κ3) is 5.01. The number of halogens is 3. The van der Waals surface area contributed by atoms with E-state index in [2.05, 4.69) is 20.4 Å². The van der Waals surface area contributed by atoms with Crippen LogP contribution in [0.5, 0.6) is 17.2 Å². The number of nitrogens with one attached hydrogen (secondary N) is 2. The quantitative estimate of drug-likeness (QED) is 0.567. The molecule has 0 spiro atoms. The van der Waals surface area contributed by atoms with Crippen LogP contribution in [0.4, 0.5) is 13.2 Å². The topological polar surface area (TPSA) is 87.9 Å². The lowest BCUT2D eigenvalue weighted by Crippen LogP contribution is -2.36. The van der Waals surface area contributed by atoms with Crippen LogP contribution in [0.2, 0.25) is 0 Å². The van der Waals surface area contributed by atoms with Crippen molar-refractivity contribution in [3.63, 3.8) is 0 Å². The van der Waals surface area contributed by atoms with Crippen molar-refractivity contribution < 1.29 is 27.4 Å². The molecule has 2 aromatic rings. The van der Waals surface area contributed by atoms with Crippen LogP contribution in [0.25, 0.3) is 0 Å². The molecule has 1 aliphatic heterocycles. The van der Waals surface area contributed by atoms with Crippen LogP contribution in [-0.4, -0.2) is 26.4 Å². The molecule has 0 amide bonds. The Morgan fingerprint density at radius 2 is 1.86 bits per heavy atom. The van der Waals surface area contributed by atoms with E-state index in [0.29, 0.717) is 28.6 Å². The van der Waals surface area contributed by atoms with Gasteiger partial charge in [0.2, 0.25) is 6.79 Å². The highest BCUT2D eigenvalue weighted by Gasteiger charge is 2.20. The Hall–Kier alpha value is -3.61. The van der Waals surface area contributed by atoms with Crippen molar-refractivity contribution in [2.24, 2.45) is 4.99 Å². The number of hydrogen-bond donors (Lipinski definition) is 2. The normalized spacial score (nSPS) is 12.6. The first kappa shape index (κ1) is 20.1. The molecule has 2 N–H and O–H groups in total. The molecule has 0 radical (unpaired) electrons. The number of alkyl halides is 2. The molecule has 0 unspecified atom stereocenters. The summed E-state index contributed by atoms with van der Waals surface area (Å²) in [7, 11) is 1.51. The number of guanidine groups is 1. The SMILES string of the molecule is CN=C(NCc1cc(C#N)ccc1F)NCc1cc2c(cc1OC(F)F)OCO2. The number of ether oxygens (including phenoxy) is 3. The molecule has 7 nitrogen and oxygen atoms in total. The van der Waals surface area contributed by atoms with E-state index in [1.54, 1.807) is 0 Å². The highest BCUT2D eigenvalue weighted by molar-refractivity contribution is 5.79.